The lowest BCUT2D eigenvalue weighted by molar-refractivity contribution is 0.102. The fourth-order valence-corrected chi connectivity index (χ4v) is 2.20. The summed E-state index contributed by atoms with van der Waals surface area (Å²) in [4.78, 5) is 19.3. The molecule has 1 amide bonds. The number of anilines is 1. The second kappa shape index (κ2) is 4.27. The van der Waals surface area contributed by atoms with Crippen molar-refractivity contribution < 1.29 is 4.79 Å². The number of nitrogens with zero attached hydrogens (tertiary/aromatic N) is 1. The summed E-state index contributed by atoms with van der Waals surface area (Å²) in [5.74, 6) is 0.382. The molecule has 0 aliphatic rings. The van der Waals surface area contributed by atoms with E-state index in [1.165, 1.54) is 11.3 Å². The summed E-state index contributed by atoms with van der Waals surface area (Å²) in [7, 11) is 0. The van der Waals surface area contributed by atoms with Crippen molar-refractivity contribution in [3.63, 3.8) is 0 Å². The molecule has 4 nitrogen and oxygen atoms in total. The Morgan fingerprint density at radius 1 is 1.67 bits per heavy atom. The molecule has 2 N–H and O–H groups in total. The number of nitrogens with one attached hydrogen (secondary N) is 2. The highest BCUT2D eigenvalue weighted by molar-refractivity contribution is 7.12. The third kappa shape index (κ3) is 2.07. The first-order valence-electron chi connectivity index (χ1n) is 4.68. The van der Waals surface area contributed by atoms with E-state index in [1.807, 2.05) is 18.4 Å². The van der Waals surface area contributed by atoms with Gasteiger partial charge in [-0.25, -0.2) is 4.98 Å². The van der Waals surface area contributed by atoms with Crippen molar-refractivity contribution >= 4 is 23.2 Å². The van der Waals surface area contributed by atoms with Crippen LogP contribution in [0.2, 0.25) is 0 Å². The van der Waals surface area contributed by atoms with Gasteiger partial charge in [-0.2, -0.15) is 0 Å². The molecule has 2 aromatic heterocycles. The van der Waals surface area contributed by atoms with E-state index < -0.39 is 0 Å². The average Bonchev–Trinajstić information content (AvgIpc) is 2.86. The lowest BCUT2D eigenvalue weighted by Crippen LogP contribution is -2.12. The minimum atomic E-state index is -0.100. The Hall–Kier alpha value is -1.62. The highest BCUT2D eigenvalue weighted by atomic mass is 32.1. The Morgan fingerprint density at radius 2 is 2.53 bits per heavy atom. The zero-order chi connectivity index (χ0) is 10.7. The maximum absolute atomic E-state index is 11.8. The van der Waals surface area contributed by atoms with Crippen LogP contribution in [0.4, 0.5) is 5.95 Å². The molecule has 0 aliphatic heterocycles. The second-order valence-electron chi connectivity index (χ2n) is 3.02. The Balaban J connectivity index is 2.15. The number of aryl methyl sites for hydroxylation is 1. The van der Waals surface area contributed by atoms with Gasteiger partial charge in [-0.15, -0.1) is 11.3 Å². The number of hydrogen-bond donors (Lipinski definition) is 2. The summed E-state index contributed by atoms with van der Waals surface area (Å²) < 4.78 is 0. The molecule has 5 heteroatoms. The van der Waals surface area contributed by atoms with Gasteiger partial charge in [0.15, 0.2) is 0 Å². The van der Waals surface area contributed by atoms with Crippen molar-refractivity contribution in [2.24, 2.45) is 0 Å². The molecular weight excluding hydrogens is 210 g/mol. The SMILES string of the molecule is CCc1ccsc1C(=O)Nc1ncc[nH]1. The van der Waals surface area contributed by atoms with Crippen LogP contribution in [0, 0.1) is 0 Å². The molecule has 78 valence electrons. The molecule has 0 aliphatic carbocycles. The summed E-state index contributed by atoms with van der Waals surface area (Å²) in [5.41, 5.74) is 1.07. The molecule has 2 rings (SSSR count). The summed E-state index contributed by atoms with van der Waals surface area (Å²) >= 11 is 1.45. The van der Waals surface area contributed by atoms with Crippen LogP contribution >= 0.6 is 11.3 Å². The van der Waals surface area contributed by atoms with Crippen LogP contribution in [0.15, 0.2) is 23.8 Å². The van der Waals surface area contributed by atoms with E-state index in [0.717, 1.165) is 16.9 Å². The fourth-order valence-electron chi connectivity index (χ4n) is 1.31. The highest BCUT2D eigenvalue weighted by Crippen LogP contribution is 2.18. The topological polar surface area (TPSA) is 57.8 Å². The first-order chi connectivity index (χ1) is 7.31. The average molecular weight is 221 g/mol. The van der Waals surface area contributed by atoms with E-state index in [9.17, 15) is 4.79 Å². The predicted molar refractivity (Wildman–Crippen MR) is 60.2 cm³/mol. The van der Waals surface area contributed by atoms with Crippen LogP contribution in [0.25, 0.3) is 0 Å². The third-order valence-corrected chi connectivity index (χ3v) is 3.02. The minimum Gasteiger partial charge on any atom is -0.331 e. The maximum atomic E-state index is 11.8. The van der Waals surface area contributed by atoms with Crippen LogP contribution in [0.1, 0.15) is 22.2 Å². The quantitative estimate of drug-likeness (QED) is 0.835. The van der Waals surface area contributed by atoms with Crippen molar-refractivity contribution in [1.82, 2.24) is 9.97 Å². The number of carbonyl (C=O) groups is 1. The van der Waals surface area contributed by atoms with Gasteiger partial charge in [0.25, 0.3) is 5.91 Å². The molecule has 0 fully saturated rings. The number of thiophene rings is 1. The standard InChI is InChI=1S/C10H11N3OS/c1-2-7-3-6-15-8(7)9(14)13-10-11-4-5-12-10/h3-6H,2H2,1H3,(H2,11,12,13,14). The van der Waals surface area contributed by atoms with Crippen LogP contribution in [-0.2, 0) is 6.42 Å². The minimum absolute atomic E-state index is 0.100. The van der Waals surface area contributed by atoms with Crippen molar-refractivity contribution in [1.29, 1.82) is 0 Å². The van der Waals surface area contributed by atoms with E-state index in [1.54, 1.807) is 12.4 Å². The summed E-state index contributed by atoms with van der Waals surface area (Å²) in [6.07, 6.45) is 4.14. The monoisotopic (exact) mass is 221 g/mol. The van der Waals surface area contributed by atoms with E-state index in [2.05, 4.69) is 15.3 Å². The zero-order valence-electron chi connectivity index (χ0n) is 8.28. The lowest BCUT2D eigenvalue weighted by Gasteiger charge is -2.01. The molecule has 0 radical (unpaired) electrons. The lowest BCUT2D eigenvalue weighted by atomic mass is 10.2. The van der Waals surface area contributed by atoms with E-state index in [0.29, 0.717) is 5.95 Å². The fraction of sp³-hybridized carbons (Fsp3) is 0.200. The van der Waals surface area contributed by atoms with Gasteiger partial charge < -0.3 is 4.98 Å². The molecule has 0 bridgehead atoms. The number of carbonyl (C=O) groups excluding carboxylic acids is 1. The molecule has 0 unspecified atom stereocenters. The van der Waals surface area contributed by atoms with Crippen molar-refractivity contribution in [3.8, 4) is 0 Å². The van der Waals surface area contributed by atoms with Gasteiger partial charge in [0, 0.05) is 12.4 Å². The summed E-state index contributed by atoms with van der Waals surface area (Å²) in [6.45, 7) is 2.03. The maximum Gasteiger partial charge on any atom is 0.268 e. The van der Waals surface area contributed by atoms with Crippen LogP contribution < -0.4 is 5.32 Å². The van der Waals surface area contributed by atoms with Crippen LogP contribution in [-0.4, -0.2) is 15.9 Å². The molecule has 0 atom stereocenters. The Labute approximate surface area is 91.4 Å². The Morgan fingerprint density at radius 3 is 3.20 bits per heavy atom. The van der Waals surface area contributed by atoms with Gasteiger partial charge in [0.1, 0.15) is 0 Å². The molecule has 2 heterocycles. The number of rotatable bonds is 3. The second-order valence-corrected chi connectivity index (χ2v) is 3.94. The van der Waals surface area contributed by atoms with Gasteiger partial charge in [-0.1, -0.05) is 6.92 Å². The van der Waals surface area contributed by atoms with Crippen molar-refractivity contribution in [3.05, 3.63) is 34.3 Å². The zero-order valence-corrected chi connectivity index (χ0v) is 9.10. The van der Waals surface area contributed by atoms with Gasteiger partial charge in [-0.05, 0) is 23.4 Å². The first-order valence-corrected chi connectivity index (χ1v) is 5.56. The van der Waals surface area contributed by atoms with Crippen LogP contribution in [0.5, 0.6) is 0 Å². The summed E-state index contributed by atoms with van der Waals surface area (Å²) in [6, 6.07) is 1.97. The number of aromatic amines is 1. The number of hydrogen-bond acceptors (Lipinski definition) is 3. The molecular formula is C10H11N3OS. The van der Waals surface area contributed by atoms with Gasteiger partial charge in [-0.3, -0.25) is 10.1 Å². The molecule has 2 aromatic rings. The van der Waals surface area contributed by atoms with Crippen molar-refractivity contribution in [2.45, 2.75) is 13.3 Å². The van der Waals surface area contributed by atoms with E-state index in [4.69, 9.17) is 0 Å². The predicted octanol–water partition coefficient (Wildman–Crippen LogP) is 2.29. The Kier molecular flexibility index (Phi) is 2.82. The normalized spacial score (nSPS) is 10.2. The molecule has 0 spiro atoms. The van der Waals surface area contributed by atoms with Gasteiger partial charge in [0.2, 0.25) is 5.95 Å². The van der Waals surface area contributed by atoms with Gasteiger partial charge in [0.05, 0.1) is 4.88 Å². The first kappa shape index (κ1) is 9.92. The molecule has 0 saturated carbocycles. The highest BCUT2D eigenvalue weighted by Gasteiger charge is 2.12. The number of H-pyrrole nitrogens is 1. The van der Waals surface area contributed by atoms with E-state index in [-0.39, 0.29) is 5.91 Å². The largest absolute Gasteiger partial charge is 0.331 e. The van der Waals surface area contributed by atoms with Crippen molar-refractivity contribution in [2.75, 3.05) is 5.32 Å². The summed E-state index contributed by atoms with van der Waals surface area (Å²) in [5, 5.41) is 4.63. The smallest absolute Gasteiger partial charge is 0.268 e. The van der Waals surface area contributed by atoms with E-state index >= 15 is 0 Å². The Bertz CT molecular complexity index is 447. The van der Waals surface area contributed by atoms with Gasteiger partial charge >= 0.3 is 0 Å². The number of imidazole rings is 1. The molecule has 0 aromatic carbocycles. The molecule has 0 saturated heterocycles. The van der Waals surface area contributed by atoms with Crippen LogP contribution in [0.3, 0.4) is 0 Å². The number of aromatic nitrogens is 2. The third-order valence-electron chi connectivity index (χ3n) is 2.06. The number of amides is 1. The molecule has 15 heavy (non-hydrogen) atoms.